The van der Waals surface area contributed by atoms with Gasteiger partial charge in [-0.05, 0) is 54.3 Å². The third-order valence-corrected chi connectivity index (χ3v) is 5.91. The molecule has 1 aromatic heterocycles. The third kappa shape index (κ3) is 4.19. The van der Waals surface area contributed by atoms with Crippen LogP contribution >= 0.6 is 0 Å². The van der Waals surface area contributed by atoms with Gasteiger partial charge in [0.2, 0.25) is 0 Å². The molecule has 1 atom stereocenters. The van der Waals surface area contributed by atoms with Gasteiger partial charge in [-0.15, -0.1) is 0 Å². The average molecular weight is 429 g/mol. The number of amides is 1. The molecule has 5 heteroatoms. The van der Waals surface area contributed by atoms with Gasteiger partial charge >= 0.3 is 6.09 Å². The summed E-state index contributed by atoms with van der Waals surface area (Å²) in [5.41, 5.74) is 8.48. The molecule has 2 N–H and O–H groups in total. The Kier molecular flexibility index (Phi) is 6.17. The lowest BCUT2D eigenvalue weighted by Gasteiger charge is -2.16. The number of hydrogen-bond acceptors (Lipinski definition) is 3. The van der Waals surface area contributed by atoms with Gasteiger partial charge in [0.25, 0.3) is 0 Å². The van der Waals surface area contributed by atoms with Gasteiger partial charge in [-0.1, -0.05) is 43.3 Å². The maximum absolute atomic E-state index is 11.6. The van der Waals surface area contributed by atoms with E-state index in [0.29, 0.717) is 5.92 Å². The Bertz CT molecular complexity index is 1200. The number of fused-ring (bicyclic) bond motifs is 1. The number of H-pyrrole nitrogens is 1. The molecule has 1 unspecified atom stereocenters. The zero-order valence-corrected chi connectivity index (χ0v) is 18.9. The summed E-state index contributed by atoms with van der Waals surface area (Å²) >= 11 is 0. The smallest absolute Gasteiger partial charge is 0.411 e. The average Bonchev–Trinajstić information content (AvgIpc) is 3.21. The first kappa shape index (κ1) is 21.5. The normalized spacial score (nSPS) is 17.9. The largest absolute Gasteiger partial charge is 0.496 e. The molecule has 0 fully saturated rings. The number of hydrogen-bond donors (Lipinski definition) is 2. The van der Waals surface area contributed by atoms with E-state index in [4.69, 9.17) is 9.47 Å². The van der Waals surface area contributed by atoms with Gasteiger partial charge in [-0.2, -0.15) is 0 Å². The predicted molar refractivity (Wildman–Crippen MR) is 130 cm³/mol. The fourth-order valence-electron chi connectivity index (χ4n) is 4.15. The Morgan fingerprint density at radius 1 is 1.12 bits per heavy atom. The van der Waals surface area contributed by atoms with Crippen molar-refractivity contribution < 1.29 is 14.3 Å². The molecule has 1 amide bonds. The summed E-state index contributed by atoms with van der Waals surface area (Å²) in [4.78, 5) is 15.1. The number of carbonyl (C=O) groups is 1. The Labute approximate surface area is 188 Å². The lowest BCUT2D eigenvalue weighted by Crippen LogP contribution is -2.11. The van der Waals surface area contributed by atoms with E-state index in [1.165, 1.54) is 18.4 Å². The van der Waals surface area contributed by atoms with Crippen LogP contribution in [0.15, 0.2) is 60.8 Å². The summed E-state index contributed by atoms with van der Waals surface area (Å²) in [5, 5.41) is 2.76. The number of rotatable bonds is 4. The lowest BCUT2D eigenvalue weighted by molar-refractivity contribution is 0.187. The molecule has 2 aromatic carbocycles. The van der Waals surface area contributed by atoms with Crippen LogP contribution < -0.4 is 10.1 Å². The summed E-state index contributed by atoms with van der Waals surface area (Å²) in [6, 6.07) is 14.1. The van der Waals surface area contributed by atoms with Crippen molar-refractivity contribution in [3.8, 4) is 16.9 Å². The Hall–Kier alpha value is -3.73. The zero-order valence-electron chi connectivity index (χ0n) is 18.9. The van der Waals surface area contributed by atoms with E-state index in [9.17, 15) is 4.79 Å². The van der Waals surface area contributed by atoms with E-state index in [1.54, 1.807) is 7.11 Å². The highest BCUT2D eigenvalue weighted by Crippen LogP contribution is 2.39. The van der Waals surface area contributed by atoms with Gasteiger partial charge in [-0.25, -0.2) is 4.79 Å². The van der Waals surface area contributed by atoms with Crippen molar-refractivity contribution in [2.24, 2.45) is 0 Å². The van der Waals surface area contributed by atoms with Gasteiger partial charge < -0.3 is 14.5 Å². The van der Waals surface area contributed by atoms with Crippen LogP contribution in [0, 0.1) is 6.92 Å². The Balaban J connectivity index is 1.81. The van der Waals surface area contributed by atoms with Crippen molar-refractivity contribution in [2.75, 3.05) is 19.5 Å². The highest BCUT2D eigenvalue weighted by molar-refractivity contribution is 5.94. The highest BCUT2D eigenvalue weighted by Gasteiger charge is 2.20. The summed E-state index contributed by atoms with van der Waals surface area (Å²) in [5.74, 6) is 1.22. The summed E-state index contributed by atoms with van der Waals surface area (Å²) in [6.07, 6.45) is 9.18. The molecule has 0 radical (unpaired) electrons. The molecular formula is C27H28N2O3. The van der Waals surface area contributed by atoms with Crippen LogP contribution in [0.3, 0.4) is 0 Å². The number of para-hydroxylation sites is 1. The molecule has 1 aliphatic carbocycles. The molecule has 0 saturated heterocycles. The Morgan fingerprint density at radius 2 is 1.94 bits per heavy atom. The number of aryl methyl sites for hydroxylation is 1. The summed E-state index contributed by atoms with van der Waals surface area (Å²) < 4.78 is 10.3. The van der Waals surface area contributed by atoms with Crippen LogP contribution in [0.25, 0.3) is 22.8 Å². The number of ether oxygens (including phenoxy) is 2. The van der Waals surface area contributed by atoms with E-state index >= 15 is 0 Å². The molecule has 1 heterocycles. The first-order chi connectivity index (χ1) is 15.5. The number of aromatic nitrogens is 1. The van der Waals surface area contributed by atoms with Crippen molar-refractivity contribution in [3.63, 3.8) is 0 Å². The molecule has 0 spiro atoms. The minimum Gasteiger partial charge on any atom is -0.496 e. The minimum absolute atomic E-state index is 0.371. The van der Waals surface area contributed by atoms with Crippen molar-refractivity contribution in [1.29, 1.82) is 0 Å². The standard InChI is InChI=1S/C27H28N2O3/c1-17-8-7-9-19(20-12-13-24(18(2)14-20)29-27(30)32-4)15-22-23(16-28-26(17)22)21-10-5-6-11-25(21)31-3/h5-7,9-17,28H,8H2,1-4H3,(H,29,30)/b9-7+,19-15+. The maximum atomic E-state index is 11.6. The number of allylic oxidation sites excluding steroid dienone is 3. The highest BCUT2D eigenvalue weighted by atomic mass is 16.5. The summed E-state index contributed by atoms with van der Waals surface area (Å²) in [7, 11) is 3.06. The van der Waals surface area contributed by atoms with Crippen LogP contribution in [-0.4, -0.2) is 25.3 Å². The molecule has 32 heavy (non-hydrogen) atoms. The van der Waals surface area contributed by atoms with Crippen molar-refractivity contribution >= 4 is 23.4 Å². The first-order valence-electron chi connectivity index (χ1n) is 10.7. The number of aromatic amines is 1. The fraction of sp³-hybridized carbons (Fsp3) is 0.222. The number of methoxy groups -OCH3 is 2. The van der Waals surface area contributed by atoms with Crippen LogP contribution in [0.1, 0.15) is 41.6 Å². The monoisotopic (exact) mass is 428 g/mol. The van der Waals surface area contributed by atoms with Crippen molar-refractivity contribution in [3.05, 3.63) is 83.2 Å². The van der Waals surface area contributed by atoms with E-state index in [0.717, 1.165) is 45.7 Å². The van der Waals surface area contributed by atoms with Crippen LogP contribution in [0.2, 0.25) is 0 Å². The van der Waals surface area contributed by atoms with Gasteiger partial charge in [0.1, 0.15) is 5.75 Å². The number of nitrogens with one attached hydrogen (secondary N) is 2. The molecule has 4 rings (SSSR count). The molecule has 0 aliphatic heterocycles. The second-order valence-corrected chi connectivity index (χ2v) is 8.02. The minimum atomic E-state index is -0.474. The van der Waals surface area contributed by atoms with E-state index in [2.05, 4.69) is 53.8 Å². The van der Waals surface area contributed by atoms with Crippen molar-refractivity contribution in [1.82, 2.24) is 4.98 Å². The quantitative estimate of drug-likeness (QED) is 0.481. The van der Waals surface area contributed by atoms with E-state index in [-0.39, 0.29) is 0 Å². The lowest BCUT2D eigenvalue weighted by atomic mass is 9.90. The molecule has 0 saturated carbocycles. The second-order valence-electron chi connectivity index (χ2n) is 8.02. The van der Waals surface area contributed by atoms with Crippen LogP contribution in [0.5, 0.6) is 5.75 Å². The number of benzene rings is 2. The number of carbonyl (C=O) groups excluding carboxylic acids is 1. The zero-order chi connectivity index (χ0) is 22.7. The number of anilines is 1. The van der Waals surface area contributed by atoms with E-state index < -0.39 is 6.09 Å². The van der Waals surface area contributed by atoms with Gasteiger partial charge in [0, 0.05) is 40.2 Å². The molecular weight excluding hydrogens is 400 g/mol. The van der Waals surface area contributed by atoms with Crippen LogP contribution in [-0.2, 0) is 4.74 Å². The topological polar surface area (TPSA) is 63.4 Å². The van der Waals surface area contributed by atoms with Gasteiger partial charge in [0.05, 0.1) is 14.2 Å². The molecule has 0 bridgehead atoms. The summed E-state index contributed by atoms with van der Waals surface area (Å²) in [6.45, 7) is 4.22. The first-order valence-corrected chi connectivity index (χ1v) is 10.7. The fourth-order valence-corrected chi connectivity index (χ4v) is 4.15. The van der Waals surface area contributed by atoms with Crippen LogP contribution in [0.4, 0.5) is 10.5 Å². The molecule has 1 aliphatic rings. The van der Waals surface area contributed by atoms with E-state index in [1.807, 2.05) is 37.3 Å². The SMILES string of the molecule is COC(=O)Nc1ccc(C2=C/c3c(-c4ccccc4OC)c[nH]c3C(C)C\C=C\2)cc1C. The molecule has 5 nitrogen and oxygen atoms in total. The predicted octanol–water partition coefficient (Wildman–Crippen LogP) is 6.78. The molecule has 3 aromatic rings. The van der Waals surface area contributed by atoms with Crippen molar-refractivity contribution in [2.45, 2.75) is 26.2 Å². The molecule has 164 valence electrons. The maximum Gasteiger partial charge on any atom is 0.411 e. The second kappa shape index (κ2) is 9.18. The van der Waals surface area contributed by atoms with Gasteiger partial charge in [0.15, 0.2) is 0 Å². The third-order valence-electron chi connectivity index (χ3n) is 5.91. The van der Waals surface area contributed by atoms with Gasteiger partial charge in [-0.3, -0.25) is 5.32 Å². The Morgan fingerprint density at radius 3 is 2.69 bits per heavy atom.